The molecule has 0 aliphatic carbocycles. The first-order chi connectivity index (χ1) is 9.65. The van der Waals surface area contributed by atoms with E-state index in [1.807, 2.05) is 11.4 Å². The Balaban J connectivity index is 1.85. The van der Waals surface area contributed by atoms with Crippen LogP contribution in [-0.2, 0) is 13.6 Å². The summed E-state index contributed by atoms with van der Waals surface area (Å²) in [4.78, 5) is 9.13. The predicted molar refractivity (Wildman–Crippen MR) is 72.9 cm³/mol. The van der Waals surface area contributed by atoms with E-state index in [4.69, 9.17) is 0 Å². The summed E-state index contributed by atoms with van der Waals surface area (Å²) in [7, 11) is 1.62. The molecule has 0 fully saturated rings. The molecule has 8 heteroatoms. The minimum atomic E-state index is -2.54. The van der Waals surface area contributed by atoms with Crippen molar-refractivity contribution in [1.82, 2.24) is 19.7 Å². The standard InChI is InChI=1S/C12H11F2N5S/c1-19-5-8(10(13)14)9(18-19)4-15-11-7-2-3-20-12(7)17-6-16-11/h2-3,5-6,10H,4H2,1H3,(H,15,16,17). The van der Waals surface area contributed by atoms with Crippen molar-refractivity contribution in [2.75, 3.05) is 5.32 Å². The third-order valence-corrected chi connectivity index (χ3v) is 3.68. The second-order valence-electron chi connectivity index (χ2n) is 4.22. The van der Waals surface area contributed by atoms with Crippen LogP contribution in [0.5, 0.6) is 0 Å². The van der Waals surface area contributed by atoms with Gasteiger partial charge in [-0.1, -0.05) is 0 Å². The van der Waals surface area contributed by atoms with Gasteiger partial charge in [-0.2, -0.15) is 5.10 Å². The summed E-state index contributed by atoms with van der Waals surface area (Å²) >= 11 is 1.50. The van der Waals surface area contributed by atoms with E-state index in [-0.39, 0.29) is 12.1 Å². The normalized spacial score (nSPS) is 11.4. The van der Waals surface area contributed by atoms with Crippen molar-refractivity contribution in [3.63, 3.8) is 0 Å². The first kappa shape index (κ1) is 12.9. The molecule has 0 atom stereocenters. The number of hydrogen-bond donors (Lipinski definition) is 1. The van der Waals surface area contributed by atoms with Crippen molar-refractivity contribution >= 4 is 27.4 Å². The van der Waals surface area contributed by atoms with Crippen LogP contribution in [0.2, 0.25) is 0 Å². The maximum Gasteiger partial charge on any atom is 0.267 e. The maximum absolute atomic E-state index is 12.9. The van der Waals surface area contributed by atoms with Gasteiger partial charge in [0.15, 0.2) is 0 Å². The Morgan fingerprint density at radius 2 is 2.25 bits per heavy atom. The second-order valence-corrected chi connectivity index (χ2v) is 5.12. The molecule has 5 nitrogen and oxygen atoms in total. The van der Waals surface area contributed by atoms with Crippen LogP contribution in [0.25, 0.3) is 10.2 Å². The molecule has 0 amide bonds. The van der Waals surface area contributed by atoms with Gasteiger partial charge in [0, 0.05) is 13.2 Å². The van der Waals surface area contributed by atoms with Gasteiger partial charge in [0.25, 0.3) is 6.43 Å². The monoisotopic (exact) mass is 295 g/mol. The number of nitrogens with zero attached hydrogens (tertiary/aromatic N) is 4. The average Bonchev–Trinajstić information content (AvgIpc) is 3.02. The van der Waals surface area contributed by atoms with Gasteiger partial charge < -0.3 is 5.32 Å². The van der Waals surface area contributed by atoms with Gasteiger partial charge >= 0.3 is 0 Å². The van der Waals surface area contributed by atoms with E-state index < -0.39 is 6.43 Å². The lowest BCUT2D eigenvalue weighted by Crippen LogP contribution is -2.05. The summed E-state index contributed by atoms with van der Waals surface area (Å²) in [5.41, 5.74) is 0.264. The average molecular weight is 295 g/mol. The number of halogens is 2. The Morgan fingerprint density at radius 1 is 1.40 bits per heavy atom. The van der Waals surface area contributed by atoms with Crippen molar-refractivity contribution in [2.45, 2.75) is 13.0 Å². The van der Waals surface area contributed by atoms with Crippen molar-refractivity contribution < 1.29 is 8.78 Å². The largest absolute Gasteiger partial charge is 0.364 e. The summed E-state index contributed by atoms with van der Waals surface area (Å²) < 4.78 is 27.1. The Kier molecular flexibility index (Phi) is 3.31. The SMILES string of the molecule is Cn1cc(C(F)F)c(CNc2ncnc3sccc23)n1. The van der Waals surface area contributed by atoms with E-state index in [9.17, 15) is 8.78 Å². The van der Waals surface area contributed by atoms with Gasteiger partial charge in [0.05, 0.1) is 23.2 Å². The van der Waals surface area contributed by atoms with E-state index in [1.165, 1.54) is 28.5 Å². The molecule has 0 aliphatic rings. The molecule has 3 rings (SSSR count). The Morgan fingerprint density at radius 3 is 3.05 bits per heavy atom. The highest BCUT2D eigenvalue weighted by Crippen LogP contribution is 2.26. The third-order valence-electron chi connectivity index (χ3n) is 2.86. The number of aromatic nitrogens is 4. The van der Waals surface area contributed by atoms with Gasteiger partial charge in [0.1, 0.15) is 17.0 Å². The Bertz CT molecular complexity index is 736. The number of alkyl halides is 2. The molecule has 0 saturated carbocycles. The molecule has 0 unspecified atom stereocenters. The molecule has 0 bridgehead atoms. The summed E-state index contributed by atoms with van der Waals surface area (Å²) in [6.07, 6.45) is 0.252. The van der Waals surface area contributed by atoms with Crippen LogP contribution in [0.15, 0.2) is 24.0 Å². The van der Waals surface area contributed by atoms with E-state index in [1.54, 1.807) is 7.05 Å². The molecule has 0 saturated heterocycles. The van der Waals surface area contributed by atoms with Gasteiger partial charge in [-0.25, -0.2) is 18.7 Å². The summed E-state index contributed by atoms with van der Waals surface area (Å²) in [6, 6.07) is 1.90. The molecule has 20 heavy (non-hydrogen) atoms. The zero-order chi connectivity index (χ0) is 14.1. The van der Waals surface area contributed by atoms with Crippen LogP contribution in [-0.4, -0.2) is 19.7 Å². The van der Waals surface area contributed by atoms with E-state index in [0.717, 1.165) is 10.2 Å². The van der Waals surface area contributed by atoms with Gasteiger partial charge in [-0.3, -0.25) is 4.68 Å². The topological polar surface area (TPSA) is 55.6 Å². The number of nitrogens with one attached hydrogen (secondary N) is 1. The molecule has 3 aromatic rings. The number of anilines is 1. The fourth-order valence-corrected chi connectivity index (χ4v) is 2.70. The fourth-order valence-electron chi connectivity index (χ4n) is 1.97. The molecule has 0 radical (unpaired) electrons. The van der Waals surface area contributed by atoms with Crippen LogP contribution in [0.4, 0.5) is 14.6 Å². The highest BCUT2D eigenvalue weighted by molar-refractivity contribution is 7.16. The third kappa shape index (κ3) is 2.34. The second kappa shape index (κ2) is 5.12. The Hall–Kier alpha value is -2.09. The van der Waals surface area contributed by atoms with Crippen LogP contribution >= 0.6 is 11.3 Å². The lowest BCUT2D eigenvalue weighted by molar-refractivity contribution is 0.150. The van der Waals surface area contributed by atoms with Crippen molar-refractivity contribution in [2.24, 2.45) is 7.05 Å². The Labute approximate surface area is 117 Å². The van der Waals surface area contributed by atoms with Gasteiger partial charge in [0.2, 0.25) is 0 Å². The molecule has 3 aromatic heterocycles. The minimum Gasteiger partial charge on any atom is -0.364 e. The van der Waals surface area contributed by atoms with E-state index in [0.29, 0.717) is 11.5 Å². The molecule has 0 spiro atoms. The maximum atomic E-state index is 12.9. The summed E-state index contributed by atoms with van der Waals surface area (Å²) in [6.45, 7) is 0.197. The lowest BCUT2D eigenvalue weighted by Gasteiger charge is -2.06. The van der Waals surface area contributed by atoms with Crippen LogP contribution in [0.1, 0.15) is 17.7 Å². The van der Waals surface area contributed by atoms with Gasteiger partial charge in [-0.05, 0) is 11.4 Å². The number of hydrogen-bond acceptors (Lipinski definition) is 5. The summed E-state index contributed by atoms with van der Waals surface area (Å²) in [5, 5.41) is 9.89. The smallest absolute Gasteiger partial charge is 0.267 e. The number of rotatable bonds is 4. The molecule has 3 heterocycles. The highest BCUT2D eigenvalue weighted by Gasteiger charge is 2.17. The number of aryl methyl sites for hydroxylation is 1. The highest BCUT2D eigenvalue weighted by atomic mass is 32.1. The van der Waals surface area contributed by atoms with Crippen molar-refractivity contribution in [1.29, 1.82) is 0 Å². The first-order valence-corrected chi connectivity index (χ1v) is 6.76. The van der Waals surface area contributed by atoms with Crippen LogP contribution < -0.4 is 5.32 Å². The van der Waals surface area contributed by atoms with Crippen molar-refractivity contribution in [3.05, 3.63) is 35.2 Å². The number of thiophene rings is 1. The zero-order valence-electron chi connectivity index (χ0n) is 10.5. The van der Waals surface area contributed by atoms with E-state index >= 15 is 0 Å². The first-order valence-electron chi connectivity index (χ1n) is 5.88. The molecular weight excluding hydrogens is 284 g/mol. The quantitative estimate of drug-likeness (QED) is 0.804. The number of fused-ring (bicyclic) bond motifs is 1. The molecule has 0 aromatic carbocycles. The summed E-state index contributed by atoms with van der Waals surface area (Å²) in [5.74, 6) is 0.627. The lowest BCUT2D eigenvalue weighted by atomic mass is 10.2. The van der Waals surface area contributed by atoms with Gasteiger partial charge in [-0.15, -0.1) is 11.3 Å². The van der Waals surface area contributed by atoms with Crippen LogP contribution in [0.3, 0.4) is 0 Å². The fraction of sp³-hybridized carbons (Fsp3) is 0.250. The molecule has 0 aliphatic heterocycles. The van der Waals surface area contributed by atoms with E-state index in [2.05, 4.69) is 20.4 Å². The zero-order valence-corrected chi connectivity index (χ0v) is 11.4. The molecule has 104 valence electrons. The minimum absolute atomic E-state index is 0.0596. The molecule has 1 N–H and O–H groups in total. The predicted octanol–water partition coefficient (Wildman–Crippen LogP) is 2.97. The van der Waals surface area contributed by atoms with Crippen LogP contribution in [0, 0.1) is 0 Å². The van der Waals surface area contributed by atoms with Crippen molar-refractivity contribution in [3.8, 4) is 0 Å². The molecular formula is C12H11F2N5S.